The number of hydrogen-bond acceptors (Lipinski definition) is 6. The molecule has 3 N–H and O–H groups in total. The Balaban J connectivity index is 1.49. The van der Waals surface area contributed by atoms with Crippen LogP contribution in [0.2, 0.25) is 0 Å². The number of para-hydroxylation sites is 1. The monoisotopic (exact) mass is 430 g/mol. The number of primary amides is 1. The summed E-state index contributed by atoms with van der Waals surface area (Å²) in [4.78, 5) is 24.8. The predicted molar refractivity (Wildman–Crippen MR) is 118 cm³/mol. The Hall–Kier alpha value is -3.98. The standard InChI is InChI=1S/C22H18N6O2S/c23-21(29)15-10-12-16(13-11-15)24-22(30)18-8-4-5-9-19(18)31-14-20-25-26-27-28(20)17-6-2-1-3-7-17/h1-13H,14H2,(H2,23,29)(H,24,30). The van der Waals surface area contributed by atoms with Crippen molar-refractivity contribution in [2.24, 2.45) is 5.73 Å². The van der Waals surface area contributed by atoms with Crippen LogP contribution in [0, 0.1) is 0 Å². The lowest BCUT2D eigenvalue weighted by Crippen LogP contribution is -2.14. The van der Waals surface area contributed by atoms with Gasteiger partial charge in [0.15, 0.2) is 5.82 Å². The second kappa shape index (κ2) is 9.23. The molecule has 0 fully saturated rings. The maximum absolute atomic E-state index is 12.8. The normalized spacial score (nSPS) is 10.6. The molecule has 0 radical (unpaired) electrons. The first kappa shape index (κ1) is 20.3. The molecule has 154 valence electrons. The summed E-state index contributed by atoms with van der Waals surface area (Å²) in [6.07, 6.45) is 0. The van der Waals surface area contributed by atoms with Gasteiger partial charge in [-0.2, -0.15) is 4.68 Å². The number of carbonyl (C=O) groups excluding carboxylic acids is 2. The highest BCUT2D eigenvalue weighted by Gasteiger charge is 2.14. The van der Waals surface area contributed by atoms with Gasteiger partial charge in [-0.05, 0) is 59.0 Å². The lowest BCUT2D eigenvalue weighted by atomic mass is 10.1. The van der Waals surface area contributed by atoms with E-state index in [-0.39, 0.29) is 5.91 Å². The number of amides is 2. The van der Waals surface area contributed by atoms with Crippen molar-refractivity contribution in [3.05, 3.63) is 95.8 Å². The van der Waals surface area contributed by atoms with Gasteiger partial charge in [0.1, 0.15) is 0 Å². The van der Waals surface area contributed by atoms with Crippen LogP contribution < -0.4 is 11.1 Å². The van der Waals surface area contributed by atoms with Gasteiger partial charge in [-0.25, -0.2) is 0 Å². The number of thioether (sulfide) groups is 1. The molecule has 4 rings (SSSR count). The van der Waals surface area contributed by atoms with Crippen molar-refractivity contribution in [3.63, 3.8) is 0 Å². The Bertz CT molecular complexity index is 1210. The third kappa shape index (κ3) is 4.78. The van der Waals surface area contributed by atoms with Gasteiger partial charge in [0.2, 0.25) is 5.91 Å². The molecule has 4 aromatic rings. The maximum Gasteiger partial charge on any atom is 0.256 e. The van der Waals surface area contributed by atoms with Crippen LogP contribution in [0.5, 0.6) is 0 Å². The quantitative estimate of drug-likeness (QED) is 0.435. The third-order valence-electron chi connectivity index (χ3n) is 4.45. The number of aromatic nitrogens is 4. The molecule has 0 saturated carbocycles. The van der Waals surface area contributed by atoms with Gasteiger partial charge >= 0.3 is 0 Å². The van der Waals surface area contributed by atoms with Gasteiger partial charge in [-0.15, -0.1) is 16.9 Å². The molecule has 0 aliphatic carbocycles. The number of tetrazole rings is 1. The topological polar surface area (TPSA) is 116 Å². The molecule has 0 aliphatic heterocycles. The third-order valence-corrected chi connectivity index (χ3v) is 5.52. The summed E-state index contributed by atoms with van der Waals surface area (Å²) in [7, 11) is 0. The Labute approximate surface area is 182 Å². The highest BCUT2D eigenvalue weighted by atomic mass is 32.2. The average molecular weight is 430 g/mol. The van der Waals surface area contributed by atoms with Crippen molar-refractivity contribution in [2.45, 2.75) is 10.6 Å². The fraction of sp³-hybridized carbons (Fsp3) is 0.0455. The minimum absolute atomic E-state index is 0.252. The van der Waals surface area contributed by atoms with Crippen molar-refractivity contribution in [2.75, 3.05) is 5.32 Å². The number of rotatable bonds is 7. The van der Waals surface area contributed by atoms with E-state index in [1.807, 2.05) is 48.5 Å². The van der Waals surface area contributed by atoms with Gasteiger partial charge in [0.25, 0.3) is 5.91 Å². The lowest BCUT2D eigenvalue weighted by Gasteiger charge is -2.10. The fourth-order valence-corrected chi connectivity index (χ4v) is 3.86. The van der Waals surface area contributed by atoms with Crippen molar-refractivity contribution >= 4 is 29.3 Å². The first-order valence-corrected chi connectivity index (χ1v) is 10.4. The van der Waals surface area contributed by atoms with E-state index < -0.39 is 5.91 Å². The van der Waals surface area contributed by atoms with Gasteiger partial charge in [-0.3, -0.25) is 9.59 Å². The average Bonchev–Trinajstić information content (AvgIpc) is 3.27. The van der Waals surface area contributed by atoms with Crippen LogP contribution in [0.4, 0.5) is 5.69 Å². The number of benzene rings is 3. The van der Waals surface area contributed by atoms with Gasteiger partial charge in [-0.1, -0.05) is 30.3 Å². The first-order valence-electron chi connectivity index (χ1n) is 9.37. The van der Waals surface area contributed by atoms with E-state index in [0.29, 0.717) is 28.4 Å². The number of anilines is 1. The van der Waals surface area contributed by atoms with Gasteiger partial charge in [0, 0.05) is 16.1 Å². The van der Waals surface area contributed by atoms with Crippen LogP contribution in [0.25, 0.3) is 5.69 Å². The lowest BCUT2D eigenvalue weighted by molar-refractivity contribution is 0.0998. The van der Waals surface area contributed by atoms with Crippen LogP contribution in [0.3, 0.4) is 0 Å². The second-order valence-electron chi connectivity index (χ2n) is 6.52. The van der Waals surface area contributed by atoms with E-state index in [1.54, 1.807) is 35.0 Å². The van der Waals surface area contributed by atoms with Crippen molar-refractivity contribution < 1.29 is 9.59 Å². The number of nitrogens with one attached hydrogen (secondary N) is 1. The molecule has 0 bridgehead atoms. The van der Waals surface area contributed by atoms with Crippen LogP contribution >= 0.6 is 11.8 Å². The molecule has 8 nitrogen and oxygen atoms in total. The molecular weight excluding hydrogens is 412 g/mol. The second-order valence-corrected chi connectivity index (χ2v) is 7.54. The molecule has 0 aliphatic rings. The zero-order valence-corrected chi connectivity index (χ0v) is 17.1. The molecule has 1 heterocycles. The van der Waals surface area contributed by atoms with E-state index in [0.717, 1.165) is 10.6 Å². The fourth-order valence-electron chi connectivity index (χ4n) is 2.90. The Morgan fingerprint density at radius 2 is 1.65 bits per heavy atom. The highest BCUT2D eigenvalue weighted by molar-refractivity contribution is 7.98. The molecule has 0 saturated heterocycles. The summed E-state index contributed by atoms with van der Waals surface area (Å²) in [6, 6.07) is 23.4. The molecule has 31 heavy (non-hydrogen) atoms. The van der Waals surface area contributed by atoms with E-state index in [2.05, 4.69) is 20.8 Å². The summed E-state index contributed by atoms with van der Waals surface area (Å²) < 4.78 is 1.68. The van der Waals surface area contributed by atoms with Crippen LogP contribution in [-0.2, 0) is 5.75 Å². The summed E-state index contributed by atoms with van der Waals surface area (Å²) in [6.45, 7) is 0. The number of hydrogen-bond donors (Lipinski definition) is 2. The van der Waals surface area contributed by atoms with Crippen LogP contribution in [0.1, 0.15) is 26.5 Å². The zero-order valence-electron chi connectivity index (χ0n) is 16.3. The molecule has 0 unspecified atom stereocenters. The van der Waals surface area contributed by atoms with Crippen molar-refractivity contribution in [3.8, 4) is 5.69 Å². The Kier molecular flexibility index (Phi) is 6.04. The maximum atomic E-state index is 12.8. The molecule has 0 atom stereocenters. The minimum Gasteiger partial charge on any atom is -0.366 e. The van der Waals surface area contributed by atoms with E-state index in [1.165, 1.54) is 11.8 Å². The van der Waals surface area contributed by atoms with E-state index in [4.69, 9.17) is 5.73 Å². The summed E-state index contributed by atoms with van der Waals surface area (Å²) in [5.74, 6) is 0.392. The molecule has 9 heteroatoms. The first-order chi connectivity index (χ1) is 15.1. The molecule has 2 amide bonds. The molecular formula is C22H18N6O2S. The largest absolute Gasteiger partial charge is 0.366 e. The summed E-state index contributed by atoms with van der Waals surface area (Å²) in [5, 5.41) is 14.8. The summed E-state index contributed by atoms with van der Waals surface area (Å²) in [5.41, 5.74) is 7.61. The van der Waals surface area contributed by atoms with Crippen LogP contribution in [-0.4, -0.2) is 32.0 Å². The van der Waals surface area contributed by atoms with Crippen LogP contribution in [0.15, 0.2) is 83.8 Å². The number of nitrogens with two attached hydrogens (primary N) is 1. The Morgan fingerprint density at radius 1 is 0.935 bits per heavy atom. The zero-order chi connectivity index (χ0) is 21.6. The summed E-state index contributed by atoms with van der Waals surface area (Å²) >= 11 is 1.47. The molecule has 0 spiro atoms. The van der Waals surface area contributed by atoms with Crippen molar-refractivity contribution in [1.29, 1.82) is 0 Å². The van der Waals surface area contributed by atoms with Crippen molar-refractivity contribution in [1.82, 2.24) is 20.2 Å². The van der Waals surface area contributed by atoms with E-state index >= 15 is 0 Å². The Morgan fingerprint density at radius 3 is 2.39 bits per heavy atom. The number of nitrogens with zero attached hydrogens (tertiary/aromatic N) is 4. The van der Waals surface area contributed by atoms with Gasteiger partial charge in [0.05, 0.1) is 17.0 Å². The molecule has 1 aromatic heterocycles. The highest BCUT2D eigenvalue weighted by Crippen LogP contribution is 2.27. The van der Waals surface area contributed by atoms with Gasteiger partial charge < -0.3 is 11.1 Å². The minimum atomic E-state index is -0.516. The number of carbonyl (C=O) groups is 2. The smallest absolute Gasteiger partial charge is 0.256 e. The molecule has 3 aromatic carbocycles. The SMILES string of the molecule is NC(=O)c1ccc(NC(=O)c2ccccc2SCc2nnnn2-c2ccccc2)cc1. The van der Waals surface area contributed by atoms with E-state index in [9.17, 15) is 9.59 Å². The predicted octanol–water partition coefficient (Wildman–Crippen LogP) is 3.31.